The molecule has 1 aromatic carbocycles. The maximum atomic E-state index is 12.2. The molecule has 1 amide bonds. The van der Waals surface area contributed by atoms with Gasteiger partial charge in [-0.05, 0) is 35.2 Å². The monoisotopic (exact) mass is 314 g/mol. The van der Waals surface area contributed by atoms with Crippen LogP contribution in [0.1, 0.15) is 15.2 Å². The van der Waals surface area contributed by atoms with Crippen molar-refractivity contribution in [2.75, 3.05) is 12.8 Å². The van der Waals surface area contributed by atoms with Crippen LogP contribution < -0.4 is 5.73 Å². The summed E-state index contributed by atoms with van der Waals surface area (Å²) in [5, 5.41) is 2.85. The molecule has 0 bridgehead atoms. The van der Waals surface area contributed by atoms with E-state index in [1.807, 2.05) is 0 Å². The lowest BCUT2D eigenvalue weighted by atomic mass is 10.2. The van der Waals surface area contributed by atoms with E-state index in [4.69, 9.17) is 28.9 Å². The Morgan fingerprint density at radius 1 is 1.32 bits per heavy atom. The van der Waals surface area contributed by atoms with Crippen molar-refractivity contribution in [3.05, 3.63) is 50.1 Å². The number of benzene rings is 1. The molecular formula is C13H12Cl2N2OS. The number of rotatable bonds is 3. The third kappa shape index (κ3) is 3.21. The van der Waals surface area contributed by atoms with Crippen LogP contribution in [0.5, 0.6) is 0 Å². The molecule has 0 unspecified atom stereocenters. The second-order valence-electron chi connectivity index (χ2n) is 4.11. The Morgan fingerprint density at radius 2 is 2.05 bits per heavy atom. The third-order valence-corrected chi connectivity index (χ3v) is 4.33. The Morgan fingerprint density at radius 3 is 2.68 bits per heavy atom. The molecule has 0 aliphatic heterocycles. The molecule has 1 heterocycles. The zero-order valence-corrected chi connectivity index (χ0v) is 12.5. The number of nitrogens with zero attached hydrogens (tertiary/aromatic N) is 1. The van der Waals surface area contributed by atoms with E-state index in [2.05, 4.69) is 0 Å². The van der Waals surface area contributed by atoms with Gasteiger partial charge >= 0.3 is 0 Å². The second-order valence-corrected chi connectivity index (χ2v) is 5.84. The maximum absolute atomic E-state index is 12.2. The first-order valence-corrected chi connectivity index (χ1v) is 7.15. The number of amides is 1. The molecule has 0 spiro atoms. The SMILES string of the molecule is CN(Cc1cc(N)ccc1Cl)C(=O)c1sccc1Cl. The van der Waals surface area contributed by atoms with Crippen molar-refractivity contribution in [2.45, 2.75) is 6.54 Å². The second kappa shape index (κ2) is 5.82. The standard InChI is InChI=1S/C13H12Cl2N2OS/c1-17(13(18)12-11(15)4-5-19-12)7-8-6-9(16)2-3-10(8)14/h2-6H,7,16H2,1H3. The van der Waals surface area contributed by atoms with Crippen LogP contribution in [0.4, 0.5) is 5.69 Å². The van der Waals surface area contributed by atoms with Gasteiger partial charge in [-0.25, -0.2) is 0 Å². The summed E-state index contributed by atoms with van der Waals surface area (Å²) in [6.07, 6.45) is 0. The van der Waals surface area contributed by atoms with Gasteiger partial charge in [0.2, 0.25) is 0 Å². The number of anilines is 1. The van der Waals surface area contributed by atoms with Gasteiger partial charge in [-0.2, -0.15) is 0 Å². The van der Waals surface area contributed by atoms with Gasteiger partial charge < -0.3 is 10.6 Å². The number of carbonyl (C=O) groups excluding carboxylic acids is 1. The quantitative estimate of drug-likeness (QED) is 0.873. The molecule has 1 aromatic heterocycles. The molecule has 19 heavy (non-hydrogen) atoms. The minimum atomic E-state index is -0.126. The lowest BCUT2D eigenvalue weighted by Gasteiger charge is -2.17. The molecule has 100 valence electrons. The number of thiophene rings is 1. The molecule has 2 rings (SSSR count). The van der Waals surface area contributed by atoms with E-state index in [1.165, 1.54) is 11.3 Å². The minimum absolute atomic E-state index is 0.126. The normalized spacial score (nSPS) is 10.5. The number of hydrogen-bond acceptors (Lipinski definition) is 3. The Bertz CT molecular complexity index is 612. The van der Waals surface area contributed by atoms with Crippen molar-refractivity contribution in [3.63, 3.8) is 0 Å². The van der Waals surface area contributed by atoms with Crippen molar-refractivity contribution < 1.29 is 4.79 Å². The predicted octanol–water partition coefficient (Wildman–Crippen LogP) is 3.91. The molecule has 6 heteroatoms. The predicted molar refractivity (Wildman–Crippen MR) is 81.0 cm³/mol. The van der Waals surface area contributed by atoms with Crippen LogP contribution in [-0.2, 0) is 6.54 Å². The van der Waals surface area contributed by atoms with Gasteiger partial charge in [-0.1, -0.05) is 23.2 Å². The van der Waals surface area contributed by atoms with E-state index in [9.17, 15) is 4.79 Å². The largest absolute Gasteiger partial charge is 0.399 e. The third-order valence-electron chi connectivity index (χ3n) is 2.64. The maximum Gasteiger partial charge on any atom is 0.265 e. The van der Waals surface area contributed by atoms with Gasteiger partial charge in [0.05, 0.1) is 5.02 Å². The first-order chi connectivity index (χ1) is 8.99. The van der Waals surface area contributed by atoms with Crippen molar-refractivity contribution in [1.29, 1.82) is 0 Å². The van der Waals surface area contributed by atoms with Crippen molar-refractivity contribution in [2.24, 2.45) is 0 Å². The average Bonchev–Trinajstić information content (AvgIpc) is 2.79. The lowest BCUT2D eigenvalue weighted by molar-refractivity contribution is 0.0790. The number of carbonyl (C=O) groups is 1. The zero-order chi connectivity index (χ0) is 14.0. The summed E-state index contributed by atoms with van der Waals surface area (Å²) >= 11 is 13.4. The topological polar surface area (TPSA) is 46.3 Å². The van der Waals surface area contributed by atoms with Crippen LogP contribution in [0.2, 0.25) is 10.0 Å². The van der Waals surface area contributed by atoms with Crippen molar-refractivity contribution in [1.82, 2.24) is 4.90 Å². The van der Waals surface area contributed by atoms with Gasteiger partial charge in [0.1, 0.15) is 4.88 Å². The number of hydrogen-bond donors (Lipinski definition) is 1. The van der Waals surface area contributed by atoms with E-state index >= 15 is 0 Å². The van der Waals surface area contributed by atoms with Crippen LogP contribution in [0.15, 0.2) is 29.6 Å². The highest BCUT2D eigenvalue weighted by Crippen LogP contribution is 2.25. The first kappa shape index (κ1) is 14.2. The highest BCUT2D eigenvalue weighted by molar-refractivity contribution is 7.12. The molecule has 2 aromatic rings. The summed E-state index contributed by atoms with van der Waals surface area (Å²) in [5.41, 5.74) is 7.15. The van der Waals surface area contributed by atoms with E-state index < -0.39 is 0 Å². The summed E-state index contributed by atoms with van der Waals surface area (Å²) in [5.74, 6) is -0.126. The van der Waals surface area contributed by atoms with Crippen LogP contribution in [0, 0.1) is 0 Å². The minimum Gasteiger partial charge on any atom is -0.399 e. The van der Waals surface area contributed by atoms with Crippen molar-refractivity contribution in [3.8, 4) is 0 Å². The summed E-state index contributed by atoms with van der Waals surface area (Å²) in [4.78, 5) is 14.3. The number of nitrogens with two attached hydrogens (primary N) is 1. The van der Waals surface area contributed by atoms with Crippen LogP contribution in [0.25, 0.3) is 0 Å². The molecule has 0 fully saturated rings. The molecule has 0 aliphatic carbocycles. The van der Waals surface area contributed by atoms with Gasteiger partial charge in [0.25, 0.3) is 5.91 Å². The summed E-state index contributed by atoms with van der Waals surface area (Å²) in [6.45, 7) is 0.386. The van der Waals surface area contributed by atoms with Crippen LogP contribution >= 0.6 is 34.5 Å². The molecule has 0 saturated carbocycles. The Hall–Kier alpha value is -1.23. The molecule has 0 aliphatic rings. The molecular weight excluding hydrogens is 303 g/mol. The van der Waals surface area contributed by atoms with Gasteiger partial charge in [0, 0.05) is 24.3 Å². The number of nitrogen functional groups attached to an aromatic ring is 1. The number of halogens is 2. The van der Waals surface area contributed by atoms with E-state index in [0.29, 0.717) is 27.2 Å². The zero-order valence-electron chi connectivity index (χ0n) is 10.2. The van der Waals surface area contributed by atoms with Crippen LogP contribution in [-0.4, -0.2) is 17.9 Å². The Kier molecular flexibility index (Phi) is 4.34. The average molecular weight is 315 g/mol. The lowest BCUT2D eigenvalue weighted by Crippen LogP contribution is -2.25. The highest BCUT2D eigenvalue weighted by atomic mass is 35.5. The Balaban J connectivity index is 2.17. The summed E-state index contributed by atoms with van der Waals surface area (Å²) in [6, 6.07) is 6.93. The fourth-order valence-electron chi connectivity index (χ4n) is 1.66. The van der Waals surface area contributed by atoms with Crippen LogP contribution in [0.3, 0.4) is 0 Å². The van der Waals surface area contributed by atoms with Crippen molar-refractivity contribution >= 4 is 46.1 Å². The van der Waals surface area contributed by atoms with E-state index in [-0.39, 0.29) is 5.91 Å². The molecule has 0 radical (unpaired) electrons. The van der Waals surface area contributed by atoms with Gasteiger partial charge in [0.15, 0.2) is 0 Å². The van der Waals surface area contributed by atoms with Gasteiger partial charge in [-0.3, -0.25) is 4.79 Å². The van der Waals surface area contributed by atoms with Gasteiger partial charge in [-0.15, -0.1) is 11.3 Å². The Labute approximate surface area is 125 Å². The fraction of sp³-hybridized carbons (Fsp3) is 0.154. The molecule has 3 nitrogen and oxygen atoms in total. The molecule has 0 saturated heterocycles. The highest BCUT2D eigenvalue weighted by Gasteiger charge is 2.17. The fourth-order valence-corrected chi connectivity index (χ4v) is 2.97. The van der Waals surface area contributed by atoms with E-state index in [0.717, 1.165) is 5.56 Å². The summed E-state index contributed by atoms with van der Waals surface area (Å²) < 4.78 is 0. The smallest absolute Gasteiger partial charge is 0.265 e. The first-order valence-electron chi connectivity index (χ1n) is 5.51. The molecule has 2 N–H and O–H groups in total. The van der Waals surface area contributed by atoms with E-state index in [1.54, 1.807) is 41.6 Å². The molecule has 0 atom stereocenters. The summed E-state index contributed by atoms with van der Waals surface area (Å²) in [7, 11) is 1.71.